The molecule has 0 bridgehead atoms. The summed E-state index contributed by atoms with van der Waals surface area (Å²) < 4.78 is 9.43. The highest BCUT2D eigenvalue weighted by Gasteiger charge is 2.36. The second kappa shape index (κ2) is 10.9. The summed E-state index contributed by atoms with van der Waals surface area (Å²) in [6, 6.07) is 59.8. The molecule has 2 aromatic heterocycles. The summed E-state index contributed by atoms with van der Waals surface area (Å²) in [5.41, 5.74) is 12.8. The Bertz CT molecular complexity index is 3060. The second-order valence-electron chi connectivity index (χ2n) is 14.5. The number of thiophene rings is 1. The molecule has 10 aromatic rings. The quantitative estimate of drug-likeness (QED) is 0.184. The van der Waals surface area contributed by atoms with Gasteiger partial charge in [-0.2, -0.15) is 0 Å². The average Bonchev–Trinajstić information content (AvgIpc) is 3.83. The van der Waals surface area contributed by atoms with Gasteiger partial charge in [-0.25, -0.2) is 0 Å². The molecule has 246 valence electrons. The van der Waals surface area contributed by atoms with E-state index in [1.54, 1.807) is 0 Å². The van der Waals surface area contributed by atoms with Gasteiger partial charge in [0, 0.05) is 58.5 Å². The van der Waals surface area contributed by atoms with Crippen molar-refractivity contribution in [1.82, 2.24) is 0 Å². The number of hydrogen-bond donors (Lipinski definition) is 0. The standard InChI is InChI=1S/C49H33NOS/c1-49(2)41-20-10-8-15-34(41)35-26-24-32(28-42(35)49)50(31-13-4-3-5-14-31)43-29-40-47-33(19-12-21-44(47)51-48(40)39-18-7-6-16-36(39)43)30-23-25-38-37-17-9-11-22-45(37)52-46(38)27-30/h3-29H,1-2H3. The van der Waals surface area contributed by atoms with E-state index in [1.807, 2.05) is 11.3 Å². The Morgan fingerprint density at radius 3 is 2.08 bits per heavy atom. The minimum atomic E-state index is -0.110. The minimum absolute atomic E-state index is 0.110. The molecule has 0 N–H and O–H groups in total. The Hall–Kier alpha value is -6.16. The number of anilines is 3. The summed E-state index contributed by atoms with van der Waals surface area (Å²) >= 11 is 1.86. The van der Waals surface area contributed by atoms with Gasteiger partial charge in [0.15, 0.2) is 0 Å². The number of fused-ring (bicyclic) bond motifs is 11. The zero-order valence-electron chi connectivity index (χ0n) is 28.9. The summed E-state index contributed by atoms with van der Waals surface area (Å²) in [6.45, 7) is 4.70. The third-order valence-corrected chi connectivity index (χ3v) is 12.4. The molecule has 1 aliphatic rings. The first-order valence-corrected chi connectivity index (χ1v) is 18.7. The van der Waals surface area contributed by atoms with Crippen molar-refractivity contribution in [2.75, 3.05) is 4.90 Å². The molecule has 2 heterocycles. The molecular weight excluding hydrogens is 651 g/mol. The van der Waals surface area contributed by atoms with Crippen LogP contribution < -0.4 is 4.90 Å². The third kappa shape index (κ3) is 4.17. The van der Waals surface area contributed by atoms with Crippen molar-refractivity contribution in [3.8, 4) is 22.3 Å². The number of rotatable bonds is 4. The van der Waals surface area contributed by atoms with Crippen molar-refractivity contribution >= 4 is 81.3 Å². The first-order valence-electron chi connectivity index (χ1n) is 17.9. The molecular formula is C49H33NOS. The van der Waals surface area contributed by atoms with Crippen LogP contribution in [0.4, 0.5) is 17.1 Å². The fraction of sp³-hybridized carbons (Fsp3) is 0.0612. The number of benzene rings is 8. The van der Waals surface area contributed by atoms with E-state index in [0.29, 0.717) is 0 Å². The van der Waals surface area contributed by atoms with Crippen LogP contribution in [0.1, 0.15) is 25.0 Å². The SMILES string of the molecule is CC1(C)c2ccccc2-c2ccc(N(c3ccccc3)c3cc4c(oc5cccc(-c6ccc7c(c6)sc6ccccc67)c54)c4ccccc34)cc21. The van der Waals surface area contributed by atoms with Crippen molar-refractivity contribution < 1.29 is 4.42 Å². The maximum absolute atomic E-state index is 6.82. The molecule has 52 heavy (non-hydrogen) atoms. The molecule has 8 aromatic carbocycles. The zero-order valence-corrected chi connectivity index (χ0v) is 29.7. The number of para-hydroxylation sites is 1. The molecule has 11 rings (SSSR count). The molecule has 0 unspecified atom stereocenters. The van der Waals surface area contributed by atoms with Crippen LogP contribution in [0.5, 0.6) is 0 Å². The Kier molecular flexibility index (Phi) is 6.21. The normalized spacial score (nSPS) is 13.3. The average molecular weight is 684 g/mol. The third-order valence-electron chi connectivity index (χ3n) is 11.3. The fourth-order valence-corrected chi connectivity index (χ4v) is 9.93. The predicted octanol–water partition coefficient (Wildman–Crippen LogP) is 14.6. The largest absolute Gasteiger partial charge is 0.455 e. The number of furan rings is 1. The minimum Gasteiger partial charge on any atom is -0.455 e. The molecule has 2 nitrogen and oxygen atoms in total. The highest BCUT2D eigenvalue weighted by atomic mass is 32.1. The van der Waals surface area contributed by atoms with E-state index in [2.05, 4.69) is 183 Å². The van der Waals surface area contributed by atoms with Crippen molar-refractivity contribution in [1.29, 1.82) is 0 Å². The smallest absolute Gasteiger partial charge is 0.143 e. The van der Waals surface area contributed by atoms with Gasteiger partial charge in [-0.15, -0.1) is 11.3 Å². The molecule has 0 aliphatic heterocycles. The van der Waals surface area contributed by atoms with Crippen LogP contribution in [0.2, 0.25) is 0 Å². The highest BCUT2D eigenvalue weighted by Crippen LogP contribution is 2.52. The topological polar surface area (TPSA) is 16.4 Å². The van der Waals surface area contributed by atoms with Crippen LogP contribution in [-0.4, -0.2) is 0 Å². The molecule has 0 saturated heterocycles. The first-order chi connectivity index (χ1) is 25.5. The number of hydrogen-bond acceptors (Lipinski definition) is 3. The summed E-state index contributed by atoms with van der Waals surface area (Å²) in [7, 11) is 0. The first kappa shape index (κ1) is 29.6. The van der Waals surface area contributed by atoms with Crippen molar-refractivity contribution in [3.05, 3.63) is 175 Å². The van der Waals surface area contributed by atoms with Gasteiger partial charge in [0.2, 0.25) is 0 Å². The van der Waals surface area contributed by atoms with Gasteiger partial charge in [-0.1, -0.05) is 129 Å². The molecule has 0 saturated carbocycles. The highest BCUT2D eigenvalue weighted by molar-refractivity contribution is 7.25. The lowest BCUT2D eigenvalue weighted by molar-refractivity contribution is 0.660. The van der Waals surface area contributed by atoms with Gasteiger partial charge in [0.05, 0.1) is 5.69 Å². The Morgan fingerprint density at radius 2 is 1.19 bits per heavy atom. The van der Waals surface area contributed by atoms with Gasteiger partial charge in [-0.05, 0) is 81.9 Å². The lowest BCUT2D eigenvalue weighted by Crippen LogP contribution is -2.16. The van der Waals surface area contributed by atoms with Crippen LogP contribution in [0.15, 0.2) is 168 Å². The lowest BCUT2D eigenvalue weighted by Gasteiger charge is -2.29. The fourth-order valence-electron chi connectivity index (χ4n) is 8.78. The van der Waals surface area contributed by atoms with Gasteiger partial charge in [0.25, 0.3) is 0 Å². The monoisotopic (exact) mass is 683 g/mol. The Labute approximate surface area is 305 Å². The maximum Gasteiger partial charge on any atom is 0.143 e. The molecule has 0 spiro atoms. The molecule has 0 fully saturated rings. The lowest BCUT2D eigenvalue weighted by atomic mass is 9.82. The molecule has 3 heteroatoms. The summed E-state index contributed by atoms with van der Waals surface area (Å²) in [4.78, 5) is 2.44. The summed E-state index contributed by atoms with van der Waals surface area (Å²) in [6.07, 6.45) is 0. The molecule has 0 amide bonds. The van der Waals surface area contributed by atoms with Crippen LogP contribution in [-0.2, 0) is 5.41 Å². The van der Waals surface area contributed by atoms with Crippen molar-refractivity contribution in [3.63, 3.8) is 0 Å². The molecule has 0 atom stereocenters. The van der Waals surface area contributed by atoms with E-state index in [0.717, 1.165) is 49.8 Å². The van der Waals surface area contributed by atoms with Crippen LogP contribution >= 0.6 is 11.3 Å². The van der Waals surface area contributed by atoms with Gasteiger partial charge < -0.3 is 9.32 Å². The Morgan fingerprint density at radius 1 is 0.481 bits per heavy atom. The van der Waals surface area contributed by atoms with Crippen molar-refractivity contribution in [2.24, 2.45) is 0 Å². The predicted molar refractivity (Wildman–Crippen MR) is 222 cm³/mol. The molecule has 1 aliphatic carbocycles. The van der Waals surface area contributed by atoms with Crippen molar-refractivity contribution in [2.45, 2.75) is 19.3 Å². The van der Waals surface area contributed by atoms with E-state index in [1.165, 1.54) is 53.6 Å². The van der Waals surface area contributed by atoms with E-state index >= 15 is 0 Å². The molecule has 0 radical (unpaired) electrons. The van der Waals surface area contributed by atoms with E-state index < -0.39 is 0 Å². The number of nitrogens with zero attached hydrogens (tertiary/aromatic N) is 1. The van der Waals surface area contributed by atoms with Crippen LogP contribution in [0.3, 0.4) is 0 Å². The van der Waals surface area contributed by atoms with Crippen LogP contribution in [0.25, 0.3) is 75.1 Å². The van der Waals surface area contributed by atoms with Gasteiger partial charge >= 0.3 is 0 Å². The van der Waals surface area contributed by atoms with E-state index in [-0.39, 0.29) is 5.41 Å². The summed E-state index contributed by atoms with van der Waals surface area (Å²) in [5, 5.41) is 7.13. The Balaban J connectivity index is 1.18. The van der Waals surface area contributed by atoms with E-state index in [4.69, 9.17) is 4.42 Å². The van der Waals surface area contributed by atoms with E-state index in [9.17, 15) is 0 Å². The zero-order chi connectivity index (χ0) is 34.6. The maximum atomic E-state index is 6.82. The van der Waals surface area contributed by atoms with Crippen LogP contribution in [0, 0.1) is 0 Å². The van der Waals surface area contributed by atoms with Gasteiger partial charge in [-0.3, -0.25) is 0 Å². The second-order valence-corrected chi connectivity index (χ2v) is 15.6. The summed E-state index contributed by atoms with van der Waals surface area (Å²) in [5.74, 6) is 0. The van der Waals surface area contributed by atoms with Gasteiger partial charge in [0.1, 0.15) is 11.2 Å².